The van der Waals surface area contributed by atoms with Gasteiger partial charge >= 0.3 is 0 Å². The van der Waals surface area contributed by atoms with E-state index in [4.69, 9.17) is 9.47 Å². The molecule has 0 saturated carbocycles. The molecule has 2 aromatic carbocycles. The molecule has 30 heavy (non-hydrogen) atoms. The van der Waals surface area contributed by atoms with Crippen LogP contribution in [0.2, 0.25) is 0 Å². The number of benzene rings is 2. The third-order valence-electron chi connectivity index (χ3n) is 4.66. The molecule has 1 aromatic heterocycles. The molecule has 0 spiro atoms. The molecule has 154 valence electrons. The van der Waals surface area contributed by atoms with Crippen LogP contribution in [0.1, 0.15) is 17.3 Å². The summed E-state index contributed by atoms with van der Waals surface area (Å²) in [4.78, 5) is 26.3. The number of aromatic nitrogens is 2. The first kappa shape index (κ1) is 19.8. The molecule has 1 unspecified atom stereocenters. The maximum absolute atomic E-state index is 12.5. The predicted molar refractivity (Wildman–Crippen MR) is 113 cm³/mol. The summed E-state index contributed by atoms with van der Waals surface area (Å²) in [5.74, 6) is 1.01. The van der Waals surface area contributed by atoms with Gasteiger partial charge in [-0.2, -0.15) is 0 Å². The lowest BCUT2D eigenvalue weighted by Crippen LogP contribution is -2.24. The molecule has 3 aromatic rings. The summed E-state index contributed by atoms with van der Waals surface area (Å²) in [6.45, 7) is 0.400. The molecule has 1 fully saturated rings. The van der Waals surface area contributed by atoms with Crippen LogP contribution in [-0.2, 0) is 9.59 Å². The van der Waals surface area contributed by atoms with Gasteiger partial charge in [0.2, 0.25) is 11.0 Å². The Balaban J connectivity index is 1.34. The van der Waals surface area contributed by atoms with Crippen molar-refractivity contribution in [3.63, 3.8) is 0 Å². The molecular formula is C21H20N4O4S. The van der Waals surface area contributed by atoms with Crippen LogP contribution < -0.4 is 19.7 Å². The molecular weight excluding hydrogens is 404 g/mol. The van der Waals surface area contributed by atoms with Gasteiger partial charge in [0.05, 0.1) is 7.11 Å². The zero-order valence-electron chi connectivity index (χ0n) is 16.3. The van der Waals surface area contributed by atoms with Crippen molar-refractivity contribution in [2.24, 2.45) is 0 Å². The van der Waals surface area contributed by atoms with Crippen molar-refractivity contribution < 1.29 is 19.1 Å². The van der Waals surface area contributed by atoms with Gasteiger partial charge in [-0.1, -0.05) is 29.5 Å². The highest BCUT2D eigenvalue weighted by Crippen LogP contribution is 2.34. The van der Waals surface area contributed by atoms with Crippen LogP contribution in [0.25, 0.3) is 0 Å². The summed E-state index contributed by atoms with van der Waals surface area (Å²) in [6, 6.07) is 16.5. The van der Waals surface area contributed by atoms with Gasteiger partial charge in [0.15, 0.2) is 6.61 Å². The molecule has 8 nitrogen and oxygen atoms in total. The van der Waals surface area contributed by atoms with Gasteiger partial charge < -0.3 is 14.4 Å². The number of carbonyl (C=O) groups excluding carboxylic acids is 2. The third-order valence-corrected chi connectivity index (χ3v) is 5.66. The predicted octanol–water partition coefficient (Wildman–Crippen LogP) is 3.08. The number of nitrogens with zero attached hydrogens (tertiary/aromatic N) is 3. The van der Waals surface area contributed by atoms with Gasteiger partial charge in [-0.05, 0) is 36.4 Å². The topological polar surface area (TPSA) is 93.7 Å². The van der Waals surface area contributed by atoms with Crippen molar-refractivity contribution in [3.05, 3.63) is 59.6 Å². The van der Waals surface area contributed by atoms with E-state index < -0.39 is 0 Å². The Morgan fingerprint density at radius 1 is 1.13 bits per heavy atom. The molecule has 1 aliphatic rings. The molecule has 0 bridgehead atoms. The Bertz CT molecular complexity index is 1020. The van der Waals surface area contributed by atoms with Crippen LogP contribution >= 0.6 is 11.3 Å². The van der Waals surface area contributed by atoms with Crippen LogP contribution in [0.5, 0.6) is 11.5 Å². The van der Waals surface area contributed by atoms with E-state index >= 15 is 0 Å². The number of methoxy groups -OCH3 is 1. The van der Waals surface area contributed by atoms with Crippen LogP contribution in [0.3, 0.4) is 0 Å². The summed E-state index contributed by atoms with van der Waals surface area (Å²) in [5.41, 5.74) is 0.819. The van der Waals surface area contributed by atoms with Crippen LogP contribution in [0.4, 0.5) is 10.8 Å². The van der Waals surface area contributed by atoms with E-state index in [2.05, 4.69) is 15.5 Å². The standard InChI is InChI=1S/C21H20N4O4S/c1-28-16-9-7-15(8-10-16)25-12-14(11-19(25)27)20-23-24-21(30-20)22-18(26)13-29-17-5-3-2-4-6-17/h2-10,14H,11-13H2,1H3,(H,22,24,26). The molecule has 0 radical (unpaired) electrons. The first-order valence-electron chi connectivity index (χ1n) is 9.38. The molecule has 1 atom stereocenters. The monoisotopic (exact) mass is 424 g/mol. The number of hydrogen-bond donors (Lipinski definition) is 1. The minimum Gasteiger partial charge on any atom is -0.497 e. The minimum absolute atomic E-state index is 0.0298. The van der Waals surface area contributed by atoms with Crippen LogP contribution in [-0.4, -0.2) is 42.3 Å². The van der Waals surface area contributed by atoms with E-state index in [0.29, 0.717) is 23.8 Å². The Morgan fingerprint density at radius 3 is 2.63 bits per heavy atom. The number of rotatable bonds is 7. The van der Waals surface area contributed by atoms with E-state index in [1.165, 1.54) is 11.3 Å². The largest absolute Gasteiger partial charge is 0.497 e. The summed E-state index contributed by atoms with van der Waals surface area (Å²) in [5, 5.41) is 12.0. The number of para-hydroxylation sites is 1. The van der Waals surface area contributed by atoms with Gasteiger partial charge in [0.1, 0.15) is 16.5 Å². The van der Waals surface area contributed by atoms with Crippen molar-refractivity contribution in [2.45, 2.75) is 12.3 Å². The number of ether oxygens (including phenoxy) is 2. The second-order valence-electron chi connectivity index (χ2n) is 6.70. The lowest BCUT2D eigenvalue weighted by molar-refractivity contribution is -0.118. The number of hydrogen-bond acceptors (Lipinski definition) is 7. The lowest BCUT2D eigenvalue weighted by atomic mass is 10.1. The summed E-state index contributed by atoms with van der Waals surface area (Å²) < 4.78 is 10.6. The van der Waals surface area contributed by atoms with Gasteiger partial charge in [-0.25, -0.2) is 0 Å². The molecule has 4 rings (SSSR count). The highest BCUT2D eigenvalue weighted by Gasteiger charge is 2.34. The third kappa shape index (κ3) is 4.57. The summed E-state index contributed by atoms with van der Waals surface area (Å²) in [7, 11) is 1.60. The fourth-order valence-corrected chi connectivity index (χ4v) is 4.01. The fraction of sp³-hybridized carbons (Fsp3) is 0.238. The maximum Gasteiger partial charge on any atom is 0.264 e. The normalized spacial score (nSPS) is 15.8. The van der Waals surface area contributed by atoms with Crippen LogP contribution in [0.15, 0.2) is 54.6 Å². The zero-order chi connectivity index (χ0) is 20.9. The van der Waals surface area contributed by atoms with Crippen molar-refractivity contribution >= 4 is 34.0 Å². The molecule has 0 aliphatic carbocycles. The van der Waals surface area contributed by atoms with E-state index in [-0.39, 0.29) is 24.3 Å². The Morgan fingerprint density at radius 2 is 1.90 bits per heavy atom. The number of nitrogens with one attached hydrogen (secondary N) is 1. The number of carbonyl (C=O) groups is 2. The summed E-state index contributed by atoms with van der Waals surface area (Å²) >= 11 is 1.28. The van der Waals surface area contributed by atoms with Gasteiger partial charge in [-0.3, -0.25) is 14.9 Å². The van der Waals surface area contributed by atoms with E-state index in [0.717, 1.165) is 16.4 Å². The lowest BCUT2D eigenvalue weighted by Gasteiger charge is -2.16. The zero-order valence-corrected chi connectivity index (χ0v) is 17.1. The van der Waals surface area contributed by atoms with Crippen molar-refractivity contribution in [2.75, 3.05) is 30.5 Å². The average Bonchev–Trinajstić information content (AvgIpc) is 3.39. The first-order chi connectivity index (χ1) is 14.6. The Hall–Kier alpha value is -3.46. The highest BCUT2D eigenvalue weighted by molar-refractivity contribution is 7.15. The van der Waals surface area contributed by atoms with Gasteiger partial charge in [0, 0.05) is 24.6 Å². The van der Waals surface area contributed by atoms with Gasteiger partial charge in [-0.15, -0.1) is 10.2 Å². The van der Waals surface area contributed by atoms with Gasteiger partial charge in [0.25, 0.3) is 5.91 Å². The Kier molecular flexibility index (Phi) is 5.89. The molecule has 9 heteroatoms. The SMILES string of the molecule is COc1ccc(N2CC(c3nnc(NC(=O)COc4ccccc4)s3)CC2=O)cc1. The second kappa shape index (κ2) is 8.91. The number of amides is 2. The maximum atomic E-state index is 12.5. The minimum atomic E-state index is -0.316. The number of anilines is 2. The van der Waals surface area contributed by atoms with E-state index in [9.17, 15) is 9.59 Å². The Labute approximate surface area is 177 Å². The smallest absolute Gasteiger partial charge is 0.264 e. The van der Waals surface area contributed by atoms with E-state index in [1.807, 2.05) is 42.5 Å². The average molecular weight is 424 g/mol. The molecule has 1 aliphatic heterocycles. The van der Waals surface area contributed by atoms with Crippen molar-refractivity contribution in [1.29, 1.82) is 0 Å². The molecule has 2 amide bonds. The quantitative estimate of drug-likeness (QED) is 0.627. The molecule has 1 N–H and O–H groups in total. The van der Waals surface area contributed by atoms with E-state index in [1.54, 1.807) is 24.1 Å². The van der Waals surface area contributed by atoms with Crippen molar-refractivity contribution in [3.8, 4) is 11.5 Å². The molecule has 2 heterocycles. The first-order valence-corrected chi connectivity index (χ1v) is 10.2. The van der Waals surface area contributed by atoms with Crippen LogP contribution in [0, 0.1) is 0 Å². The highest BCUT2D eigenvalue weighted by atomic mass is 32.1. The summed E-state index contributed by atoms with van der Waals surface area (Å²) in [6.07, 6.45) is 0.353. The second-order valence-corrected chi connectivity index (χ2v) is 7.71. The fourth-order valence-electron chi connectivity index (χ4n) is 3.16. The van der Waals surface area contributed by atoms with Crippen molar-refractivity contribution in [1.82, 2.24) is 10.2 Å². The molecule has 1 saturated heterocycles.